The zero-order valence-electron chi connectivity index (χ0n) is 11.3. The zero-order valence-corrected chi connectivity index (χ0v) is 12.1. The van der Waals surface area contributed by atoms with Crippen molar-refractivity contribution >= 4 is 17.3 Å². The lowest BCUT2D eigenvalue weighted by Gasteiger charge is -2.02. The number of carbonyl (C=O) groups excluding carboxylic acids is 1. The van der Waals surface area contributed by atoms with E-state index in [4.69, 9.17) is 9.15 Å². The van der Waals surface area contributed by atoms with Crippen LogP contribution in [0.2, 0.25) is 0 Å². The zero-order chi connectivity index (χ0) is 14.2. The lowest BCUT2D eigenvalue weighted by molar-refractivity contribution is -0.143. The number of nitrogens with zero attached hydrogens (tertiary/aromatic N) is 2. The molecule has 0 fully saturated rings. The minimum Gasteiger partial charge on any atom is -0.466 e. The number of hydrogen-bond acceptors (Lipinski definition) is 7. The van der Waals surface area contributed by atoms with E-state index in [0.717, 1.165) is 11.3 Å². The van der Waals surface area contributed by atoms with Crippen LogP contribution in [-0.4, -0.2) is 29.3 Å². The van der Waals surface area contributed by atoms with Gasteiger partial charge in [-0.1, -0.05) is 6.07 Å². The van der Waals surface area contributed by atoms with Gasteiger partial charge in [-0.15, -0.1) is 21.5 Å². The molecule has 0 atom stereocenters. The third kappa shape index (κ3) is 4.43. The predicted molar refractivity (Wildman–Crippen MR) is 75.2 cm³/mol. The van der Waals surface area contributed by atoms with Crippen LogP contribution in [0.5, 0.6) is 0 Å². The van der Waals surface area contributed by atoms with Crippen LogP contribution < -0.4 is 5.32 Å². The molecule has 2 rings (SSSR count). The van der Waals surface area contributed by atoms with Gasteiger partial charge in [0.1, 0.15) is 0 Å². The van der Waals surface area contributed by atoms with Crippen LogP contribution >= 0.6 is 11.3 Å². The second-order valence-electron chi connectivity index (χ2n) is 4.06. The van der Waals surface area contributed by atoms with E-state index in [-0.39, 0.29) is 5.97 Å². The Labute approximate surface area is 121 Å². The molecule has 20 heavy (non-hydrogen) atoms. The molecular weight excluding hydrogens is 278 g/mol. The van der Waals surface area contributed by atoms with E-state index in [1.165, 1.54) is 0 Å². The van der Waals surface area contributed by atoms with Crippen LogP contribution in [0.4, 0.5) is 0 Å². The third-order valence-corrected chi connectivity index (χ3v) is 3.37. The molecule has 108 valence electrons. The SMILES string of the molecule is CCOC(=O)CCCNCc1nnc(-c2cccs2)o1. The first-order valence-corrected chi connectivity index (χ1v) is 7.40. The Balaban J connectivity index is 1.66. The molecule has 0 saturated heterocycles. The topological polar surface area (TPSA) is 77.2 Å². The molecule has 0 unspecified atom stereocenters. The Kier molecular flexibility index (Phi) is 5.69. The second kappa shape index (κ2) is 7.76. The van der Waals surface area contributed by atoms with E-state index < -0.39 is 0 Å². The van der Waals surface area contributed by atoms with Gasteiger partial charge in [0.15, 0.2) is 0 Å². The number of rotatable bonds is 8. The molecule has 6 nitrogen and oxygen atoms in total. The average molecular weight is 295 g/mol. The van der Waals surface area contributed by atoms with Crippen LogP contribution in [0.3, 0.4) is 0 Å². The molecule has 7 heteroatoms. The highest BCUT2D eigenvalue weighted by molar-refractivity contribution is 7.13. The Morgan fingerprint density at radius 2 is 2.40 bits per heavy atom. The van der Waals surface area contributed by atoms with Gasteiger partial charge in [-0.3, -0.25) is 4.79 Å². The first-order chi connectivity index (χ1) is 9.79. The quantitative estimate of drug-likeness (QED) is 0.594. The molecule has 0 spiro atoms. The summed E-state index contributed by atoms with van der Waals surface area (Å²) < 4.78 is 10.4. The number of nitrogens with one attached hydrogen (secondary N) is 1. The molecule has 2 aromatic heterocycles. The second-order valence-corrected chi connectivity index (χ2v) is 5.01. The van der Waals surface area contributed by atoms with E-state index in [1.807, 2.05) is 17.5 Å². The molecule has 0 saturated carbocycles. The van der Waals surface area contributed by atoms with Gasteiger partial charge in [-0.05, 0) is 31.3 Å². The van der Waals surface area contributed by atoms with Gasteiger partial charge in [0.25, 0.3) is 5.89 Å². The normalized spacial score (nSPS) is 10.7. The number of carbonyl (C=O) groups is 1. The molecule has 0 radical (unpaired) electrons. The maximum absolute atomic E-state index is 11.1. The first-order valence-electron chi connectivity index (χ1n) is 6.52. The number of hydrogen-bond donors (Lipinski definition) is 1. The maximum Gasteiger partial charge on any atom is 0.305 e. The van der Waals surface area contributed by atoms with Gasteiger partial charge in [0.2, 0.25) is 5.89 Å². The first kappa shape index (κ1) is 14.7. The van der Waals surface area contributed by atoms with Gasteiger partial charge < -0.3 is 14.5 Å². The summed E-state index contributed by atoms with van der Waals surface area (Å²) in [5.41, 5.74) is 0. The smallest absolute Gasteiger partial charge is 0.305 e. The number of esters is 1. The van der Waals surface area contributed by atoms with Crippen molar-refractivity contribution in [1.29, 1.82) is 0 Å². The summed E-state index contributed by atoms with van der Waals surface area (Å²) >= 11 is 1.56. The minimum absolute atomic E-state index is 0.160. The summed E-state index contributed by atoms with van der Waals surface area (Å²) in [4.78, 5) is 12.1. The van der Waals surface area contributed by atoms with Crippen molar-refractivity contribution in [2.75, 3.05) is 13.2 Å². The summed E-state index contributed by atoms with van der Waals surface area (Å²) in [6.07, 6.45) is 1.15. The molecule has 2 heterocycles. The molecule has 1 N–H and O–H groups in total. The van der Waals surface area contributed by atoms with E-state index in [2.05, 4.69) is 15.5 Å². The van der Waals surface area contributed by atoms with E-state index in [9.17, 15) is 4.79 Å². The van der Waals surface area contributed by atoms with Gasteiger partial charge in [0, 0.05) is 6.42 Å². The van der Waals surface area contributed by atoms with E-state index in [0.29, 0.717) is 37.9 Å². The molecule has 0 aliphatic carbocycles. The van der Waals surface area contributed by atoms with Crippen LogP contribution in [-0.2, 0) is 16.1 Å². The van der Waals surface area contributed by atoms with Crippen molar-refractivity contribution in [3.05, 3.63) is 23.4 Å². The van der Waals surface area contributed by atoms with Gasteiger partial charge >= 0.3 is 5.97 Å². The Bertz CT molecular complexity index is 525. The number of ether oxygens (including phenoxy) is 1. The lowest BCUT2D eigenvalue weighted by atomic mass is 10.3. The lowest BCUT2D eigenvalue weighted by Crippen LogP contribution is -2.16. The Morgan fingerprint density at radius 3 is 3.15 bits per heavy atom. The van der Waals surface area contributed by atoms with Gasteiger partial charge in [-0.2, -0.15) is 0 Å². The molecule has 2 aromatic rings. The van der Waals surface area contributed by atoms with Crippen LogP contribution in [0.1, 0.15) is 25.7 Å². The summed E-state index contributed by atoms with van der Waals surface area (Å²) in [7, 11) is 0. The summed E-state index contributed by atoms with van der Waals surface area (Å²) in [6, 6.07) is 3.88. The summed E-state index contributed by atoms with van der Waals surface area (Å²) in [6.45, 7) is 3.44. The summed E-state index contributed by atoms with van der Waals surface area (Å²) in [5, 5.41) is 13.1. The Morgan fingerprint density at radius 1 is 1.50 bits per heavy atom. The average Bonchev–Trinajstić information content (AvgIpc) is 3.09. The Hall–Kier alpha value is -1.73. The monoisotopic (exact) mass is 295 g/mol. The number of aromatic nitrogens is 2. The largest absolute Gasteiger partial charge is 0.466 e. The maximum atomic E-state index is 11.1. The van der Waals surface area contributed by atoms with Crippen molar-refractivity contribution in [2.24, 2.45) is 0 Å². The van der Waals surface area contributed by atoms with E-state index in [1.54, 1.807) is 18.3 Å². The van der Waals surface area contributed by atoms with E-state index >= 15 is 0 Å². The van der Waals surface area contributed by atoms with Crippen LogP contribution in [0.25, 0.3) is 10.8 Å². The van der Waals surface area contributed by atoms with Crippen molar-refractivity contribution in [3.63, 3.8) is 0 Å². The highest BCUT2D eigenvalue weighted by Crippen LogP contribution is 2.22. The highest BCUT2D eigenvalue weighted by atomic mass is 32.1. The molecule has 0 aromatic carbocycles. The van der Waals surface area contributed by atoms with Crippen molar-refractivity contribution in [3.8, 4) is 10.8 Å². The summed E-state index contributed by atoms with van der Waals surface area (Å²) in [5.74, 6) is 0.930. The molecule has 0 bridgehead atoms. The minimum atomic E-state index is -0.160. The van der Waals surface area contributed by atoms with Crippen LogP contribution in [0, 0.1) is 0 Å². The standard InChI is InChI=1S/C13H17N3O3S/c1-2-18-12(17)6-3-7-14-9-11-15-16-13(19-11)10-5-4-8-20-10/h4-5,8,14H,2-3,6-7,9H2,1H3. The van der Waals surface area contributed by atoms with Gasteiger partial charge in [0.05, 0.1) is 18.0 Å². The molecule has 0 aliphatic heterocycles. The molecule has 0 amide bonds. The fourth-order valence-electron chi connectivity index (χ4n) is 1.61. The fourth-order valence-corrected chi connectivity index (χ4v) is 2.26. The van der Waals surface area contributed by atoms with Crippen molar-refractivity contribution in [1.82, 2.24) is 15.5 Å². The molecular formula is C13H17N3O3S. The van der Waals surface area contributed by atoms with Crippen molar-refractivity contribution in [2.45, 2.75) is 26.3 Å². The molecule has 0 aliphatic rings. The predicted octanol–water partition coefficient (Wildman–Crippen LogP) is 2.23. The fraction of sp³-hybridized carbons (Fsp3) is 0.462. The van der Waals surface area contributed by atoms with Crippen LogP contribution in [0.15, 0.2) is 21.9 Å². The third-order valence-electron chi connectivity index (χ3n) is 2.51. The van der Waals surface area contributed by atoms with Crippen molar-refractivity contribution < 1.29 is 13.9 Å². The highest BCUT2D eigenvalue weighted by Gasteiger charge is 2.08. The number of thiophene rings is 1. The van der Waals surface area contributed by atoms with Gasteiger partial charge in [-0.25, -0.2) is 0 Å².